The zero-order valence-corrected chi connectivity index (χ0v) is 10.6. The summed E-state index contributed by atoms with van der Waals surface area (Å²) in [7, 11) is 1.66. The molecule has 1 N–H and O–H groups in total. The van der Waals surface area contributed by atoms with Gasteiger partial charge in [-0.25, -0.2) is 4.39 Å². The van der Waals surface area contributed by atoms with E-state index >= 15 is 0 Å². The van der Waals surface area contributed by atoms with Crippen LogP contribution in [0.15, 0.2) is 18.2 Å². The van der Waals surface area contributed by atoms with Crippen LogP contribution in [0, 0.1) is 5.82 Å². The van der Waals surface area contributed by atoms with E-state index in [-0.39, 0.29) is 5.02 Å². The average Bonchev–Trinajstić information content (AvgIpc) is 2.32. The molecule has 0 spiro atoms. The summed E-state index contributed by atoms with van der Waals surface area (Å²) in [5, 5.41) is 3.18. The summed E-state index contributed by atoms with van der Waals surface area (Å²) in [6.45, 7) is 2.59. The lowest BCUT2D eigenvalue weighted by atomic mass is 10.3. The summed E-state index contributed by atoms with van der Waals surface area (Å²) in [6.07, 6.45) is 0.881. The number of methoxy groups -OCH3 is 1. The maximum atomic E-state index is 13.1. The van der Waals surface area contributed by atoms with Crippen molar-refractivity contribution >= 4 is 17.3 Å². The molecule has 0 aliphatic carbocycles. The summed E-state index contributed by atoms with van der Waals surface area (Å²) in [5.41, 5.74) is 0.701. The molecule has 0 saturated carbocycles. The fourth-order valence-corrected chi connectivity index (χ4v) is 1.40. The molecule has 0 amide bonds. The van der Waals surface area contributed by atoms with Crippen molar-refractivity contribution in [1.29, 1.82) is 0 Å². The first-order valence-electron chi connectivity index (χ1n) is 5.49. The van der Waals surface area contributed by atoms with Crippen molar-refractivity contribution in [2.24, 2.45) is 0 Å². The van der Waals surface area contributed by atoms with Gasteiger partial charge in [0.05, 0.1) is 11.6 Å². The predicted molar refractivity (Wildman–Crippen MR) is 67.2 cm³/mol. The molecule has 17 heavy (non-hydrogen) atoms. The van der Waals surface area contributed by atoms with Crippen molar-refractivity contribution < 1.29 is 13.9 Å². The van der Waals surface area contributed by atoms with Crippen LogP contribution in [0.2, 0.25) is 5.02 Å². The molecule has 0 radical (unpaired) electrons. The maximum Gasteiger partial charge on any atom is 0.143 e. The van der Waals surface area contributed by atoms with Gasteiger partial charge in [0.15, 0.2) is 0 Å². The summed E-state index contributed by atoms with van der Waals surface area (Å²) >= 11 is 5.57. The van der Waals surface area contributed by atoms with Crippen molar-refractivity contribution in [1.82, 2.24) is 0 Å². The van der Waals surface area contributed by atoms with E-state index in [4.69, 9.17) is 21.1 Å². The Kier molecular flexibility index (Phi) is 6.93. The number of benzene rings is 1. The lowest BCUT2D eigenvalue weighted by Gasteiger charge is -2.07. The number of ether oxygens (including phenoxy) is 2. The first kappa shape index (κ1) is 14.2. The molecule has 1 aromatic carbocycles. The Morgan fingerprint density at radius 2 is 2.12 bits per heavy atom. The number of hydrogen-bond donors (Lipinski definition) is 1. The number of halogens is 2. The highest BCUT2D eigenvalue weighted by atomic mass is 35.5. The molecule has 0 atom stereocenters. The normalized spacial score (nSPS) is 10.5. The van der Waals surface area contributed by atoms with Crippen LogP contribution in [0.1, 0.15) is 6.42 Å². The van der Waals surface area contributed by atoms with E-state index in [9.17, 15) is 4.39 Å². The second kappa shape index (κ2) is 8.28. The Bertz CT molecular complexity index is 336. The van der Waals surface area contributed by atoms with Crippen LogP contribution in [0.4, 0.5) is 10.1 Å². The first-order valence-corrected chi connectivity index (χ1v) is 5.87. The standard InChI is InChI=1S/C12H17ClFNO2/c1-16-6-2-7-17-8-5-15-10-3-4-11(13)12(14)9-10/h3-4,9,15H,2,5-8H2,1H3. The molecule has 3 nitrogen and oxygen atoms in total. The zero-order valence-electron chi connectivity index (χ0n) is 9.84. The van der Waals surface area contributed by atoms with Crippen LogP contribution in [0.3, 0.4) is 0 Å². The Labute approximate surface area is 106 Å². The van der Waals surface area contributed by atoms with Gasteiger partial charge < -0.3 is 14.8 Å². The summed E-state index contributed by atoms with van der Waals surface area (Å²) in [5.74, 6) is -0.419. The van der Waals surface area contributed by atoms with Crippen LogP contribution >= 0.6 is 11.6 Å². The summed E-state index contributed by atoms with van der Waals surface area (Å²) in [6, 6.07) is 4.63. The van der Waals surface area contributed by atoms with Crippen molar-refractivity contribution in [3.63, 3.8) is 0 Å². The van der Waals surface area contributed by atoms with Gasteiger partial charge in [0, 0.05) is 32.6 Å². The lowest BCUT2D eigenvalue weighted by Crippen LogP contribution is -2.10. The highest BCUT2D eigenvalue weighted by Gasteiger charge is 1.99. The quantitative estimate of drug-likeness (QED) is 0.730. The molecular weight excluding hydrogens is 245 g/mol. The molecule has 1 aromatic rings. The van der Waals surface area contributed by atoms with Gasteiger partial charge in [-0.2, -0.15) is 0 Å². The van der Waals surface area contributed by atoms with Crippen LogP contribution in [-0.4, -0.2) is 33.5 Å². The smallest absolute Gasteiger partial charge is 0.143 e. The van der Waals surface area contributed by atoms with Crippen LogP contribution in [0.5, 0.6) is 0 Å². The van der Waals surface area contributed by atoms with Gasteiger partial charge in [-0.1, -0.05) is 11.6 Å². The number of rotatable bonds is 8. The average molecular weight is 262 g/mol. The minimum atomic E-state index is -0.419. The topological polar surface area (TPSA) is 30.5 Å². The molecule has 5 heteroatoms. The molecule has 0 unspecified atom stereocenters. The number of hydrogen-bond acceptors (Lipinski definition) is 3. The highest BCUT2D eigenvalue weighted by molar-refractivity contribution is 6.30. The van der Waals surface area contributed by atoms with Crippen LogP contribution < -0.4 is 5.32 Å². The van der Waals surface area contributed by atoms with Crippen molar-refractivity contribution in [3.8, 4) is 0 Å². The molecule has 0 heterocycles. The van der Waals surface area contributed by atoms with Crippen molar-refractivity contribution in [2.75, 3.05) is 38.8 Å². The third kappa shape index (κ3) is 5.86. The molecule has 0 aromatic heterocycles. The Morgan fingerprint density at radius 1 is 1.29 bits per heavy atom. The Hall–Kier alpha value is -0.840. The lowest BCUT2D eigenvalue weighted by molar-refractivity contribution is 0.109. The van der Waals surface area contributed by atoms with Gasteiger partial charge in [-0.3, -0.25) is 0 Å². The molecule has 0 aliphatic rings. The van der Waals surface area contributed by atoms with E-state index in [0.717, 1.165) is 6.42 Å². The zero-order chi connectivity index (χ0) is 12.5. The maximum absolute atomic E-state index is 13.1. The van der Waals surface area contributed by atoms with Crippen molar-refractivity contribution in [3.05, 3.63) is 29.0 Å². The fourth-order valence-electron chi connectivity index (χ4n) is 1.28. The Balaban J connectivity index is 2.11. The molecule has 0 bridgehead atoms. The second-order valence-electron chi connectivity index (χ2n) is 3.51. The van der Waals surface area contributed by atoms with E-state index in [1.54, 1.807) is 13.2 Å². The van der Waals surface area contributed by atoms with Gasteiger partial charge in [0.1, 0.15) is 5.82 Å². The monoisotopic (exact) mass is 261 g/mol. The molecule has 96 valence electrons. The summed E-state index contributed by atoms with van der Waals surface area (Å²) in [4.78, 5) is 0. The van der Waals surface area contributed by atoms with E-state index in [1.165, 1.54) is 12.1 Å². The second-order valence-corrected chi connectivity index (χ2v) is 3.92. The van der Waals surface area contributed by atoms with Gasteiger partial charge in [-0.15, -0.1) is 0 Å². The van der Waals surface area contributed by atoms with Crippen molar-refractivity contribution in [2.45, 2.75) is 6.42 Å². The molecule has 0 fully saturated rings. The largest absolute Gasteiger partial charge is 0.385 e. The van der Waals surface area contributed by atoms with Gasteiger partial charge >= 0.3 is 0 Å². The number of nitrogens with one attached hydrogen (secondary N) is 1. The first-order chi connectivity index (χ1) is 8.24. The van der Waals surface area contributed by atoms with E-state index in [0.29, 0.717) is 32.1 Å². The molecule has 1 rings (SSSR count). The van der Waals surface area contributed by atoms with Gasteiger partial charge in [-0.05, 0) is 24.6 Å². The van der Waals surface area contributed by atoms with Gasteiger partial charge in [0.2, 0.25) is 0 Å². The third-order valence-corrected chi connectivity index (χ3v) is 2.44. The SMILES string of the molecule is COCCCOCCNc1ccc(Cl)c(F)c1. The van der Waals surface area contributed by atoms with E-state index in [2.05, 4.69) is 5.32 Å². The Morgan fingerprint density at radius 3 is 2.82 bits per heavy atom. The van der Waals surface area contributed by atoms with Crippen LogP contribution in [0.25, 0.3) is 0 Å². The van der Waals surface area contributed by atoms with Gasteiger partial charge in [0.25, 0.3) is 0 Å². The highest BCUT2D eigenvalue weighted by Crippen LogP contribution is 2.18. The van der Waals surface area contributed by atoms with E-state index < -0.39 is 5.82 Å². The summed E-state index contributed by atoms with van der Waals surface area (Å²) < 4.78 is 23.3. The van der Waals surface area contributed by atoms with Crippen LogP contribution in [-0.2, 0) is 9.47 Å². The number of anilines is 1. The predicted octanol–water partition coefficient (Wildman–Crippen LogP) is 2.94. The minimum Gasteiger partial charge on any atom is -0.385 e. The molecule has 0 saturated heterocycles. The fraction of sp³-hybridized carbons (Fsp3) is 0.500. The molecule has 0 aliphatic heterocycles. The molecular formula is C12H17ClFNO2. The minimum absolute atomic E-state index is 0.131. The van der Waals surface area contributed by atoms with E-state index in [1.807, 2.05) is 0 Å². The third-order valence-electron chi connectivity index (χ3n) is 2.13.